The Balaban J connectivity index is 2.05. The number of aromatic carboxylic acids is 1. The first-order valence-electron chi connectivity index (χ1n) is 8.60. The molecule has 0 aliphatic rings. The lowest BCUT2D eigenvalue weighted by molar-refractivity contribution is 0.0690. The SMILES string of the molecule is CCc1nc(C(=O)O)cc2c3cc(O)ccc3n(Cc3ccc(F)cc3)c12. The first kappa shape index (κ1) is 17.0. The maximum atomic E-state index is 13.3. The number of hydrogen-bond acceptors (Lipinski definition) is 3. The van der Waals surface area contributed by atoms with E-state index in [-0.39, 0.29) is 17.3 Å². The fourth-order valence-corrected chi connectivity index (χ4v) is 3.49. The average Bonchev–Trinajstić information content (AvgIpc) is 2.96. The Hall–Kier alpha value is -3.41. The van der Waals surface area contributed by atoms with Gasteiger partial charge in [0.1, 0.15) is 17.3 Å². The largest absolute Gasteiger partial charge is 0.508 e. The van der Waals surface area contributed by atoms with Crippen molar-refractivity contribution in [3.8, 4) is 5.75 Å². The number of hydrogen-bond donors (Lipinski definition) is 2. The van der Waals surface area contributed by atoms with Crippen LogP contribution in [0.15, 0.2) is 48.5 Å². The molecule has 0 spiro atoms. The van der Waals surface area contributed by atoms with Gasteiger partial charge in [-0.2, -0.15) is 0 Å². The molecule has 27 heavy (non-hydrogen) atoms. The second-order valence-corrected chi connectivity index (χ2v) is 6.42. The van der Waals surface area contributed by atoms with E-state index in [0.29, 0.717) is 18.7 Å². The van der Waals surface area contributed by atoms with Crippen LogP contribution in [0.25, 0.3) is 21.8 Å². The minimum absolute atomic E-state index is 0.0245. The van der Waals surface area contributed by atoms with Gasteiger partial charge in [0.2, 0.25) is 0 Å². The van der Waals surface area contributed by atoms with Crippen molar-refractivity contribution < 1.29 is 19.4 Å². The van der Waals surface area contributed by atoms with E-state index in [2.05, 4.69) is 4.98 Å². The quantitative estimate of drug-likeness (QED) is 0.565. The molecule has 0 saturated heterocycles. The molecule has 5 nitrogen and oxygen atoms in total. The van der Waals surface area contributed by atoms with Gasteiger partial charge in [-0.3, -0.25) is 0 Å². The number of aromatic hydroxyl groups is 1. The molecule has 136 valence electrons. The summed E-state index contributed by atoms with van der Waals surface area (Å²) < 4.78 is 15.3. The summed E-state index contributed by atoms with van der Waals surface area (Å²) in [5.74, 6) is -1.28. The van der Waals surface area contributed by atoms with E-state index >= 15 is 0 Å². The monoisotopic (exact) mass is 364 g/mol. The molecule has 0 atom stereocenters. The third kappa shape index (κ3) is 2.89. The number of carboxylic acids is 1. The zero-order valence-electron chi connectivity index (χ0n) is 14.6. The fraction of sp³-hybridized carbons (Fsp3) is 0.143. The Bertz CT molecular complexity index is 1180. The molecule has 0 radical (unpaired) electrons. The van der Waals surface area contributed by atoms with Crippen molar-refractivity contribution in [3.05, 3.63) is 71.3 Å². The minimum Gasteiger partial charge on any atom is -0.508 e. The van der Waals surface area contributed by atoms with Gasteiger partial charge in [-0.15, -0.1) is 0 Å². The highest BCUT2D eigenvalue weighted by Crippen LogP contribution is 2.34. The van der Waals surface area contributed by atoms with Gasteiger partial charge in [0, 0.05) is 22.8 Å². The van der Waals surface area contributed by atoms with Crippen LogP contribution in [-0.2, 0) is 13.0 Å². The molecule has 0 unspecified atom stereocenters. The van der Waals surface area contributed by atoms with E-state index in [9.17, 15) is 19.4 Å². The van der Waals surface area contributed by atoms with Crippen LogP contribution in [0.3, 0.4) is 0 Å². The summed E-state index contributed by atoms with van der Waals surface area (Å²) in [6, 6.07) is 12.8. The second kappa shape index (κ2) is 6.39. The van der Waals surface area contributed by atoms with Gasteiger partial charge in [-0.05, 0) is 48.4 Å². The standard InChI is InChI=1S/C21H17FN2O3/c1-2-17-20-16(10-18(23-17)21(26)27)15-9-14(25)7-8-19(15)24(20)11-12-3-5-13(22)6-4-12/h3-10,25H,2,11H2,1H3,(H,26,27). The number of carboxylic acid groups (broad SMARTS) is 1. The van der Waals surface area contributed by atoms with Crippen LogP contribution < -0.4 is 0 Å². The normalized spacial score (nSPS) is 11.3. The molecule has 0 amide bonds. The van der Waals surface area contributed by atoms with Crippen LogP contribution in [0.5, 0.6) is 5.75 Å². The lowest BCUT2D eigenvalue weighted by Gasteiger charge is -2.11. The summed E-state index contributed by atoms with van der Waals surface area (Å²) in [7, 11) is 0. The topological polar surface area (TPSA) is 75.3 Å². The van der Waals surface area contributed by atoms with Gasteiger partial charge in [0.15, 0.2) is 0 Å². The molecule has 0 aliphatic carbocycles. The highest BCUT2D eigenvalue weighted by Gasteiger charge is 2.18. The van der Waals surface area contributed by atoms with Crippen molar-refractivity contribution in [1.29, 1.82) is 0 Å². The third-order valence-electron chi connectivity index (χ3n) is 4.70. The summed E-state index contributed by atoms with van der Waals surface area (Å²) in [5, 5.41) is 20.8. The molecule has 4 aromatic rings. The molecule has 0 fully saturated rings. The molecule has 0 bridgehead atoms. The number of benzene rings is 2. The van der Waals surface area contributed by atoms with Crippen molar-refractivity contribution in [2.45, 2.75) is 19.9 Å². The van der Waals surface area contributed by atoms with Crippen molar-refractivity contribution >= 4 is 27.8 Å². The van der Waals surface area contributed by atoms with E-state index < -0.39 is 5.97 Å². The highest BCUT2D eigenvalue weighted by atomic mass is 19.1. The molecule has 2 aromatic carbocycles. The van der Waals surface area contributed by atoms with E-state index in [0.717, 1.165) is 27.4 Å². The van der Waals surface area contributed by atoms with Gasteiger partial charge in [-0.25, -0.2) is 14.2 Å². The second-order valence-electron chi connectivity index (χ2n) is 6.42. The average molecular weight is 364 g/mol. The number of phenols is 1. The van der Waals surface area contributed by atoms with Crippen LogP contribution in [-0.4, -0.2) is 25.7 Å². The number of nitrogens with zero attached hydrogens (tertiary/aromatic N) is 2. The molecule has 0 saturated carbocycles. The van der Waals surface area contributed by atoms with Crippen molar-refractivity contribution in [2.75, 3.05) is 0 Å². The molecular weight excluding hydrogens is 347 g/mol. The number of carbonyl (C=O) groups is 1. The summed E-state index contributed by atoms with van der Waals surface area (Å²) in [5.41, 5.74) is 3.23. The third-order valence-corrected chi connectivity index (χ3v) is 4.70. The lowest BCUT2D eigenvalue weighted by Crippen LogP contribution is -2.06. The zero-order valence-corrected chi connectivity index (χ0v) is 14.6. The maximum Gasteiger partial charge on any atom is 0.354 e. The number of rotatable bonds is 4. The molecule has 6 heteroatoms. The number of halogens is 1. The van der Waals surface area contributed by atoms with E-state index in [1.807, 2.05) is 11.5 Å². The first-order chi connectivity index (χ1) is 13.0. The number of aryl methyl sites for hydroxylation is 1. The van der Waals surface area contributed by atoms with Crippen LogP contribution >= 0.6 is 0 Å². The van der Waals surface area contributed by atoms with Crippen LogP contribution in [0, 0.1) is 5.82 Å². The van der Waals surface area contributed by atoms with E-state index in [4.69, 9.17) is 0 Å². The van der Waals surface area contributed by atoms with E-state index in [1.165, 1.54) is 12.1 Å². The van der Waals surface area contributed by atoms with Crippen molar-refractivity contribution in [2.24, 2.45) is 0 Å². The Kier molecular flexibility index (Phi) is 4.03. The maximum absolute atomic E-state index is 13.3. The molecule has 2 N–H and O–H groups in total. The highest BCUT2D eigenvalue weighted by molar-refractivity contribution is 6.10. The Morgan fingerprint density at radius 1 is 1.11 bits per heavy atom. The van der Waals surface area contributed by atoms with Gasteiger partial charge in [0.05, 0.1) is 11.2 Å². The lowest BCUT2D eigenvalue weighted by atomic mass is 10.1. The Morgan fingerprint density at radius 2 is 1.85 bits per heavy atom. The summed E-state index contributed by atoms with van der Waals surface area (Å²) in [6.07, 6.45) is 0.559. The van der Waals surface area contributed by atoms with Gasteiger partial charge in [-0.1, -0.05) is 19.1 Å². The van der Waals surface area contributed by atoms with Crippen molar-refractivity contribution in [1.82, 2.24) is 9.55 Å². The van der Waals surface area contributed by atoms with E-state index in [1.54, 1.807) is 36.4 Å². The Labute approximate surface area is 154 Å². The molecular formula is C21H17FN2O3. The number of fused-ring (bicyclic) bond motifs is 3. The summed E-state index contributed by atoms with van der Waals surface area (Å²) >= 11 is 0. The number of pyridine rings is 1. The molecule has 2 heterocycles. The van der Waals surface area contributed by atoms with Gasteiger partial charge in [0.25, 0.3) is 0 Å². The summed E-state index contributed by atoms with van der Waals surface area (Å²) in [6.45, 7) is 2.40. The van der Waals surface area contributed by atoms with Gasteiger partial charge >= 0.3 is 5.97 Å². The van der Waals surface area contributed by atoms with Crippen LogP contribution in [0.1, 0.15) is 28.7 Å². The van der Waals surface area contributed by atoms with Crippen LogP contribution in [0.4, 0.5) is 4.39 Å². The number of phenolic OH excluding ortho intramolecular Hbond substituents is 1. The predicted molar refractivity (Wildman–Crippen MR) is 101 cm³/mol. The van der Waals surface area contributed by atoms with Crippen LogP contribution in [0.2, 0.25) is 0 Å². The molecule has 0 aliphatic heterocycles. The predicted octanol–water partition coefficient (Wildman–Crippen LogP) is 4.34. The smallest absolute Gasteiger partial charge is 0.354 e. The fourth-order valence-electron chi connectivity index (χ4n) is 3.49. The minimum atomic E-state index is -1.09. The Morgan fingerprint density at radius 3 is 2.52 bits per heavy atom. The zero-order chi connectivity index (χ0) is 19.1. The van der Waals surface area contributed by atoms with Crippen molar-refractivity contribution in [3.63, 3.8) is 0 Å². The number of aromatic nitrogens is 2. The molecule has 2 aromatic heterocycles. The van der Waals surface area contributed by atoms with Gasteiger partial charge < -0.3 is 14.8 Å². The summed E-state index contributed by atoms with van der Waals surface area (Å²) in [4.78, 5) is 15.8. The molecule has 4 rings (SSSR count). The first-order valence-corrected chi connectivity index (χ1v) is 8.60.